The number of hydrogen-bond acceptors (Lipinski definition) is 3. The van der Waals surface area contributed by atoms with Gasteiger partial charge in [0, 0.05) is 6.07 Å². The Morgan fingerprint density at radius 3 is 3.20 bits per heavy atom. The summed E-state index contributed by atoms with van der Waals surface area (Å²) in [6.45, 7) is 1.03. The van der Waals surface area contributed by atoms with Crippen LogP contribution in [0.5, 0.6) is 0 Å². The number of aryl methyl sites for hydroxylation is 1. The molecule has 1 aromatic rings. The van der Waals surface area contributed by atoms with Gasteiger partial charge in [0.2, 0.25) is 0 Å². The zero-order valence-electron chi connectivity index (χ0n) is 6.13. The van der Waals surface area contributed by atoms with Gasteiger partial charge in [-0.25, -0.2) is 0 Å². The average Bonchev–Trinajstić information content (AvgIpc) is 2.41. The Hall–Kier alpha value is -0.830. The van der Waals surface area contributed by atoms with Gasteiger partial charge in [0.15, 0.2) is 0 Å². The first-order valence-corrected chi connectivity index (χ1v) is 3.47. The first-order chi connectivity index (χ1) is 4.93. The van der Waals surface area contributed by atoms with Crippen LogP contribution in [0.25, 0.3) is 0 Å². The van der Waals surface area contributed by atoms with Gasteiger partial charge in [0.05, 0.1) is 5.69 Å². The maximum atomic E-state index is 4.67. The summed E-state index contributed by atoms with van der Waals surface area (Å²) in [5.74, 6) is 0. The highest BCUT2D eigenvalue weighted by atomic mass is 16.5. The Bertz CT molecular complexity index is 160. The van der Waals surface area contributed by atoms with Crippen LogP contribution in [0.1, 0.15) is 12.1 Å². The molecule has 1 N–H and O–H groups in total. The maximum absolute atomic E-state index is 4.67. The summed E-state index contributed by atoms with van der Waals surface area (Å²) < 4.78 is 4.67. The van der Waals surface area contributed by atoms with E-state index in [-0.39, 0.29) is 0 Å². The lowest BCUT2D eigenvalue weighted by Crippen LogP contribution is -2.08. The molecule has 0 radical (unpaired) electrons. The Labute approximate surface area is 60.4 Å². The van der Waals surface area contributed by atoms with Crippen molar-refractivity contribution in [2.24, 2.45) is 0 Å². The summed E-state index contributed by atoms with van der Waals surface area (Å²) in [6, 6.07) is 1.90. The maximum Gasteiger partial charge on any atom is 0.124 e. The standard InChI is InChI=1S/C7H12N2O/c1-8-5-2-3-7-4-6-10-9-7/h4,6,8H,2-3,5H2,1H3. The predicted molar refractivity (Wildman–Crippen MR) is 38.8 cm³/mol. The molecule has 0 aliphatic carbocycles. The smallest absolute Gasteiger partial charge is 0.124 e. The molecule has 0 unspecified atom stereocenters. The molecular weight excluding hydrogens is 128 g/mol. The van der Waals surface area contributed by atoms with Crippen molar-refractivity contribution in [3.05, 3.63) is 18.0 Å². The van der Waals surface area contributed by atoms with Crippen molar-refractivity contribution >= 4 is 0 Å². The SMILES string of the molecule is CNCCCc1ccon1. The van der Waals surface area contributed by atoms with E-state index in [1.165, 1.54) is 0 Å². The van der Waals surface area contributed by atoms with Gasteiger partial charge in [-0.05, 0) is 26.4 Å². The number of nitrogens with zero attached hydrogens (tertiary/aromatic N) is 1. The van der Waals surface area contributed by atoms with Gasteiger partial charge >= 0.3 is 0 Å². The zero-order valence-corrected chi connectivity index (χ0v) is 6.13. The third-order valence-corrected chi connectivity index (χ3v) is 1.35. The molecule has 0 aromatic carbocycles. The summed E-state index contributed by atoms with van der Waals surface area (Å²) in [6.07, 6.45) is 3.72. The minimum absolute atomic E-state index is 0.997. The fourth-order valence-corrected chi connectivity index (χ4v) is 0.813. The Kier molecular flexibility index (Phi) is 2.96. The molecule has 0 amide bonds. The van der Waals surface area contributed by atoms with E-state index in [4.69, 9.17) is 0 Å². The van der Waals surface area contributed by atoms with Crippen LogP contribution in [-0.4, -0.2) is 18.7 Å². The molecule has 0 aliphatic rings. The van der Waals surface area contributed by atoms with Gasteiger partial charge in [-0.3, -0.25) is 0 Å². The normalized spacial score (nSPS) is 10.1. The van der Waals surface area contributed by atoms with Crippen LogP contribution >= 0.6 is 0 Å². The van der Waals surface area contributed by atoms with Crippen molar-refractivity contribution in [2.75, 3.05) is 13.6 Å². The van der Waals surface area contributed by atoms with Crippen molar-refractivity contribution in [1.82, 2.24) is 10.5 Å². The number of rotatable bonds is 4. The van der Waals surface area contributed by atoms with Gasteiger partial charge < -0.3 is 9.84 Å². The van der Waals surface area contributed by atoms with Crippen molar-refractivity contribution in [1.29, 1.82) is 0 Å². The minimum Gasteiger partial charge on any atom is -0.365 e. The average molecular weight is 140 g/mol. The molecular formula is C7H12N2O. The van der Waals surface area contributed by atoms with E-state index < -0.39 is 0 Å². The molecule has 3 heteroatoms. The van der Waals surface area contributed by atoms with Gasteiger partial charge in [0.1, 0.15) is 6.26 Å². The molecule has 0 spiro atoms. The largest absolute Gasteiger partial charge is 0.365 e. The third-order valence-electron chi connectivity index (χ3n) is 1.35. The highest BCUT2D eigenvalue weighted by Gasteiger charge is 1.93. The van der Waals surface area contributed by atoms with Crippen molar-refractivity contribution in [3.8, 4) is 0 Å². The Balaban J connectivity index is 2.15. The fourth-order valence-electron chi connectivity index (χ4n) is 0.813. The van der Waals surface area contributed by atoms with Gasteiger partial charge in [-0.2, -0.15) is 0 Å². The molecule has 1 rings (SSSR count). The summed E-state index contributed by atoms with van der Waals surface area (Å²) in [4.78, 5) is 0. The number of aromatic nitrogens is 1. The summed E-state index contributed by atoms with van der Waals surface area (Å²) in [5.41, 5.74) is 1.04. The lowest BCUT2D eigenvalue weighted by Gasteiger charge is -1.93. The van der Waals surface area contributed by atoms with E-state index in [1.807, 2.05) is 13.1 Å². The molecule has 0 fully saturated rings. The van der Waals surface area contributed by atoms with Gasteiger partial charge in [0.25, 0.3) is 0 Å². The zero-order chi connectivity index (χ0) is 7.23. The van der Waals surface area contributed by atoms with Crippen LogP contribution in [-0.2, 0) is 6.42 Å². The second kappa shape index (κ2) is 4.06. The lowest BCUT2D eigenvalue weighted by molar-refractivity contribution is 0.410. The molecule has 0 saturated heterocycles. The summed E-state index contributed by atoms with van der Waals surface area (Å²) >= 11 is 0. The number of hydrogen-bond donors (Lipinski definition) is 1. The monoisotopic (exact) mass is 140 g/mol. The van der Waals surface area contributed by atoms with E-state index in [1.54, 1.807) is 6.26 Å². The molecule has 0 atom stereocenters. The van der Waals surface area contributed by atoms with E-state index in [0.717, 1.165) is 25.1 Å². The molecule has 1 aromatic heterocycles. The Morgan fingerprint density at radius 2 is 2.60 bits per heavy atom. The number of nitrogens with one attached hydrogen (secondary N) is 1. The van der Waals surface area contributed by atoms with E-state index in [9.17, 15) is 0 Å². The molecule has 56 valence electrons. The first-order valence-electron chi connectivity index (χ1n) is 3.47. The second-order valence-corrected chi connectivity index (χ2v) is 2.20. The third kappa shape index (κ3) is 2.19. The fraction of sp³-hybridized carbons (Fsp3) is 0.571. The minimum atomic E-state index is 0.997. The second-order valence-electron chi connectivity index (χ2n) is 2.20. The van der Waals surface area contributed by atoms with Gasteiger partial charge in [-0.1, -0.05) is 5.16 Å². The van der Waals surface area contributed by atoms with E-state index >= 15 is 0 Å². The van der Waals surface area contributed by atoms with Crippen molar-refractivity contribution in [3.63, 3.8) is 0 Å². The van der Waals surface area contributed by atoms with Crippen molar-refractivity contribution < 1.29 is 4.52 Å². The highest BCUT2D eigenvalue weighted by molar-refractivity contribution is 4.94. The quantitative estimate of drug-likeness (QED) is 0.629. The molecule has 0 saturated carbocycles. The van der Waals surface area contributed by atoms with Crippen molar-refractivity contribution in [2.45, 2.75) is 12.8 Å². The van der Waals surface area contributed by atoms with Crippen LogP contribution < -0.4 is 5.32 Å². The predicted octanol–water partition coefficient (Wildman–Crippen LogP) is 0.827. The summed E-state index contributed by atoms with van der Waals surface area (Å²) in [5, 5.41) is 6.86. The summed E-state index contributed by atoms with van der Waals surface area (Å²) in [7, 11) is 1.95. The van der Waals surface area contributed by atoms with Crippen LogP contribution in [0.2, 0.25) is 0 Å². The van der Waals surface area contributed by atoms with Crippen LogP contribution in [0, 0.1) is 0 Å². The lowest BCUT2D eigenvalue weighted by atomic mass is 10.2. The molecule has 0 aliphatic heterocycles. The topological polar surface area (TPSA) is 38.1 Å². The molecule has 0 bridgehead atoms. The molecule has 3 nitrogen and oxygen atoms in total. The van der Waals surface area contributed by atoms with E-state index in [0.29, 0.717) is 0 Å². The molecule has 1 heterocycles. The Morgan fingerprint density at radius 1 is 1.70 bits per heavy atom. The van der Waals surface area contributed by atoms with E-state index in [2.05, 4.69) is 15.0 Å². The van der Waals surface area contributed by atoms with Crippen LogP contribution in [0.4, 0.5) is 0 Å². The van der Waals surface area contributed by atoms with Crippen LogP contribution in [0.15, 0.2) is 16.9 Å². The van der Waals surface area contributed by atoms with Crippen LogP contribution in [0.3, 0.4) is 0 Å². The first kappa shape index (κ1) is 7.28. The van der Waals surface area contributed by atoms with Gasteiger partial charge in [-0.15, -0.1) is 0 Å². The highest BCUT2D eigenvalue weighted by Crippen LogP contribution is 1.97. The molecule has 10 heavy (non-hydrogen) atoms.